The number of rotatable bonds is 3. The molecular weight excluding hydrogens is 230 g/mol. The summed E-state index contributed by atoms with van der Waals surface area (Å²) >= 11 is 5.67. The molecule has 0 aliphatic rings. The van der Waals surface area contributed by atoms with Crippen LogP contribution in [-0.4, -0.2) is 18.4 Å². The van der Waals surface area contributed by atoms with E-state index < -0.39 is 5.91 Å². The Hall–Kier alpha value is -1.59. The minimum Gasteiger partial charge on any atom is -0.330 e. The van der Waals surface area contributed by atoms with Crippen molar-refractivity contribution in [2.45, 2.75) is 6.42 Å². The number of halogens is 1. The molecule has 1 rings (SSSR count). The van der Waals surface area contributed by atoms with E-state index in [9.17, 15) is 9.59 Å². The van der Waals surface area contributed by atoms with Gasteiger partial charge in [0.2, 0.25) is 5.91 Å². The van der Waals surface area contributed by atoms with Gasteiger partial charge in [-0.2, -0.15) is 0 Å². The molecule has 0 aliphatic carbocycles. The van der Waals surface area contributed by atoms with Crippen LogP contribution in [0, 0.1) is 0 Å². The lowest BCUT2D eigenvalue weighted by Crippen LogP contribution is -2.42. The standard InChI is InChI=1S/C10H12ClN3O2/c11-8-3-1-7(2-4-8)10(16)14-13-9(15)5-6-12/h1-4H,5-6,12H2,(H,13,15)(H,14,16). The van der Waals surface area contributed by atoms with Gasteiger partial charge in [-0.25, -0.2) is 0 Å². The Kier molecular flexibility index (Phi) is 4.75. The van der Waals surface area contributed by atoms with Gasteiger partial charge in [0.05, 0.1) is 0 Å². The lowest BCUT2D eigenvalue weighted by molar-refractivity contribution is -0.121. The highest BCUT2D eigenvalue weighted by Gasteiger charge is 2.06. The molecule has 0 radical (unpaired) electrons. The molecular formula is C10H12ClN3O2. The fourth-order valence-corrected chi connectivity index (χ4v) is 1.12. The molecule has 1 aromatic carbocycles. The Morgan fingerprint density at radius 1 is 1.19 bits per heavy atom. The zero-order chi connectivity index (χ0) is 12.0. The van der Waals surface area contributed by atoms with E-state index in [1.165, 1.54) is 0 Å². The highest BCUT2D eigenvalue weighted by atomic mass is 35.5. The molecule has 4 N–H and O–H groups in total. The molecule has 0 heterocycles. The summed E-state index contributed by atoms with van der Waals surface area (Å²) in [6.07, 6.45) is 0.168. The zero-order valence-electron chi connectivity index (χ0n) is 8.50. The fraction of sp³-hybridized carbons (Fsp3) is 0.200. The molecule has 6 heteroatoms. The van der Waals surface area contributed by atoms with E-state index in [1.807, 2.05) is 0 Å². The molecule has 0 atom stereocenters. The van der Waals surface area contributed by atoms with Crippen LogP contribution in [0.4, 0.5) is 0 Å². The first-order valence-corrected chi connectivity index (χ1v) is 5.06. The third kappa shape index (κ3) is 3.88. The molecule has 16 heavy (non-hydrogen) atoms. The Bertz CT molecular complexity index is 378. The van der Waals surface area contributed by atoms with Crippen molar-refractivity contribution in [3.63, 3.8) is 0 Å². The molecule has 0 aromatic heterocycles. The Morgan fingerprint density at radius 2 is 1.81 bits per heavy atom. The van der Waals surface area contributed by atoms with Gasteiger partial charge in [0.1, 0.15) is 0 Å². The van der Waals surface area contributed by atoms with Crippen molar-refractivity contribution in [1.29, 1.82) is 0 Å². The molecule has 86 valence electrons. The van der Waals surface area contributed by atoms with Gasteiger partial charge in [-0.05, 0) is 24.3 Å². The summed E-state index contributed by atoms with van der Waals surface area (Å²) < 4.78 is 0. The van der Waals surface area contributed by atoms with E-state index >= 15 is 0 Å². The van der Waals surface area contributed by atoms with Crippen molar-refractivity contribution in [1.82, 2.24) is 10.9 Å². The van der Waals surface area contributed by atoms with Crippen LogP contribution in [0.15, 0.2) is 24.3 Å². The molecule has 0 saturated heterocycles. The predicted molar refractivity (Wildman–Crippen MR) is 60.7 cm³/mol. The summed E-state index contributed by atoms with van der Waals surface area (Å²) in [6.45, 7) is 0.239. The Balaban J connectivity index is 2.47. The SMILES string of the molecule is NCCC(=O)NNC(=O)c1ccc(Cl)cc1. The Labute approximate surface area is 97.9 Å². The van der Waals surface area contributed by atoms with Crippen LogP contribution in [0.2, 0.25) is 5.02 Å². The van der Waals surface area contributed by atoms with Crippen molar-refractivity contribution in [3.05, 3.63) is 34.9 Å². The van der Waals surface area contributed by atoms with Crippen LogP contribution in [0.25, 0.3) is 0 Å². The molecule has 0 aliphatic heterocycles. The maximum atomic E-state index is 11.5. The average molecular weight is 242 g/mol. The number of hydrazine groups is 1. The summed E-state index contributed by atoms with van der Waals surface area (Å²) in [5.74, 6) is -0.730. The zero-order valence-corrected chi connectivity index (χ0v) is 9.25. The minimum absolute atomic E-state index is 0.168. The fourth-order valence-electron chi connectivity index (χ4n) is 0.994. The van der Waals surface area contributed by atoms with Gasteiger partial charge in [-0.3, -0.25) is 20.4 Å². The second-order valence-corrected chi connectivity index (χ2v) is 3.48. The van der Waals surface area contributed by atoms with Crippen LogP contribution in [-0.2, 0) is 4.79 Å². The quantitative estimate of drug-likeness (QED) is 0.672. The van der Waals surface area contributed by atoms with Crippen LogP contribution >= 0.6 is 11.6 Å². The number of nitrogens with two attached hydrogens (primary N) is 1. The van der Waals surface area contributed by atoms with Gasteiger partial charge < -0.3 is 5.73 Å². The smallest absolute Gasteiger partial charge is 0.269 e. The molecule has 1 aromatic rings. The molecule has 0 spiro atoms. The largest absolute Gasteiger partial charge is 0.330 e. The van der Waals surface area contributed by atoms with Crippen molar-refractivity contribution >= 4 is 23.4 Å². The van der Waals surface area contributed by atoms with Gasteiger partial charge in [0.25, 0.3) is 5.91 Å². The second kappa shape index (κ2) is 6.09. The molecule has 0 unspecified atom stereocenters. The van der Waals surface area contributed by atoms with Crippen LogP contribution < -0.4 is 16.6 Å². The lowest BCUT2D eigenvalue weighted by Gasteiger charge is -2.06. The molecule has 5 nitrogen and oxygen atoms in total. The number of nitrogens with one attached hydrogen (secondary N) is 2. The van der Waals surface area contributed by atoms with Crippen molar-refractivity contribution < 1.29 is 9.59 Å². The monoisotopic (exact) mass is 241 g/mol. The van der Waals surface area contributed by atoms with E-state index in [4.69, 9.17) is 17.3 Å². The average Bonchev–Trinajstić information content (AvgIpc) is 2.27. The van der Waals surface area contributed by atoms with E-state index in [2.05, 4.69) is 10.9 Å². The van der Waals surface area contributed by atoms with Gasteiger partial charge in [0.15, 0.2) is 0 Å². The van der Waals surface area contributed by atoms with E-state index in [1.54, 1.807) is 24.3 Å². The third-order valence-electron chi connectivity index (χ3n) is 1.79. The molecule has 0 bridgehead atoms. The number of benzene rings is 1. The highest BCUT2D eigenvalue weighted by Crippen LogP contribution is 2.08. The normalized spacial score (nSPS) is 9.62. The van der Waals surface area contributed by atoms with E-state index in [-0.39, 0.29) is 18.9 Å². The number of hydrogen-bond acceptors (Lipinski definition) is 3. The molecule has 0 fully saturated rings. The van der Waals surface area contributed by atoms with Crippen LogP contribution in [0.1, 0.15) is 16.8 Å². The molecule has 0 saturated carbocycles. The van der Waals surface area contributed by atoms with E-state index in [0.717, 1.165) is 0 Å². The third-order valence-corrected chi connectivity index (χ3v) is 2.05. The maximum absolute atomic E-state index is 11.5. The minimum atomic E-state index is -0.401. The summed E-state index contributed by atoms with van der Waals surface area (Å²) in [5, 5.41) is 0.545. The summed E-state index contributed by atoms with van der Waals surface area (Å²) in [6, 6.07) is 6.32. The maximum Gasteiger partial charge on any atom is 0.269 e. The van der Waals surface area contributed by atoms with Gasteiger partial charge in [-0.15, -0.1) is 0 Å². The van der Waals surface area contributed by atoms with E-state index in [0.29, 0.717) is 10.6 Å². The first-order chi connectivity index (χ1) is 7.63. The van der Waals surface area contributed by atoms with Crippen molar-refractivity contribution in [3.8, 4) is 0 Å². The van der Waals surface area contributed by atoms with Gasteiger partial charge in [0, 0.05) is 23.6 Å². The van der Waals surface area contributed by atoms with Crippen molar-refractivity contribution in [2.24, 2.45) is 5.73 Å². The number of carbonyl (C=O) groups excluding carboxylic acids is 2. The summed E-state index contributed by atoms with van der Waals surface area (Å²) in [7, 11) is 0. The number of carbonyl (C=O) groups is 2. The van der Waals surface area contributed by atoms with Crippen LogP contribution in [0.3, 0.4) is 0 Å². The van der Waals surface area contributed by atoms with Crippen LogP contribution in [0.5, 0.6) is 0 Å². The molecule has 2 amide bonds. The summed E-state index contributed by atoms with van der Waals surface area (Å²) in [5.41, 5.74) is 10.1. The predicted octanol–water partition coefficient (Wildman–Crippen LogP) is 0.450. The number of amides is 2. The van der Waals surface area contributed by atoms with Crippen molar-refractivity contribution in [2.75, 3.05) is 6.54 Å². The Morgan fingerprint density at radius 3 is 2.38 bits per heavy atom. The van der Waals surface area contributed by atoms with Gasteiger partial charge in [-0.1, -0.05) is 11.6 Å². The van der Waals surface area contributed by atoms with Gasteiger partial charge >= 0.3 is 0 Å². The summed E-state index contributed by atoms with van der Waals surface area (Å²) in [4.78, 5) is 22.5. The topological polar surface area (TPSA) is 84.2 Å². The second-order valence-electron chi connectivity index (χ2n) is 3.05. The first kappa shape index (κ1) is 12.5. The lowest BCUT2D eigenvalue weighted by atomic mass is 10.2. The number of hydrogen-bond donors (Lipinski definition) is 3. The highest BCUT2D eigenvalue weighted by molar-refractivity contribution is 6.30. The first-order valence-electron chi connectivity index (χ1n) is 4.68.